The fraction of sp³-hybridized carbons (Fsp3) is 0.333. The highest BCUT2D eigenvalue weighted by atomic mass is 19.4. The highest BCUT2D eigenvalue weighted by molar-refractivity contribution is 5.51. The van der Waals surface area contributed by atoms with Gasteiger partial charge in [0.25, 0.3) is 0 Å². The first-order valence-corrected chi connectivity index (χ1v) is 7.46. The Hall–Kier alpha value is -2.24. The topological polar surface area (TPSA) is 18.5 Å². The van der Waals surface area contributed by atoms with Gasteiger partial charge in [-0.25, -0.2) is 4.39 Å². The Morgan fingerprint density at radius 2 is 1.83 bits per heavy atom. The number of hydrogen-bond acceptors (Lipinski definition) is 2. The largest absolute Gasteiger partial charge is 0.487 e. The molecular weight excluding hydrogens is 324 g/mol. The van der Waals surface area contributed by atoms with Gasteiger partial charge in [-0.1, -0.05) is 18.2 Å². The molecule has 2 aromatic carbocycles. The van der Waals surface area contributed by atoms with Crippen LogP contribution in [0, 0.1) is 5.82 Å². The number of benzene rings is 2. The minimum atomic E-state index is -4.45. The minimum absolute atomic E-state index is 0.0448. The molecule has 3 rings (SSSR count). The lowest BCUT2D eigenvalue weighted by Crippen LogP contribution is -2.25. The molecule has 0 bridgehead atoms. The van der Waals surface area contributed by atoms with Crippen molar-refractivity contribution in [3.8, 4) is 11.5 Å². The van der Waals surface area contributed by atoms with E-state index in [4.69, 9.17) is 9.47 Å². The third kappa shape index (κ3) is 3.18. The molecule has 1 heterocycles. The zero-order chi connectivity index (χ0) is 17.5. The van der Waals surface area contributed by atoms with E-state index >= 15 is 0 Å². The summed E-state index contributed by atoms with van der Waals surface area (Å²) in [5.74, 6) is -0.295. The van der Waals surface area contributed by atoms with E-state index in [2.05, 4.69) is 0 Å². The second-order valence-electron chi connectivity index (χ2n) is 6.34. The van der Waals surface area contributed by atoms with Gasteiger partial charge in [0.1, 0.15) is 18.0 Å². The Morgan fingerprint density at radius 3 is 2.50 bits per heavy atom. The molecule has 0 fully saturated rings. The maximum absolute atomic E-state index is 13.6. The minimum Gasteiger partial charge on any atom is -0.487 e. The molecule has 0 aliphatic carbocycles. The van der Waals surface area contributed by atoms with Crippen LogP contribution in [-0.2, 0) is 19.2 Å². The summed E-state index contributed by atoms with van der Waals surface area (Å²) in [4.78, 5) is 0. The molecule has 0 radical (unpaired) electrons. The predicted octanol–water partition coefficient (Wildman–Crippen LogP) is 5.14. The van der Waals surface area contributed by atoms with Crippen molar-refractivity contribution in [2.45, 2.75) is 38.7 Å². The van der Waals surface area contributed by atoms with Crippen LogP contribution in [-0.4, -0.2) is 5.60 Å². The normalized spacial score (nSPS) is 15.8. The molecule has 0 spiro atoms. The molecule has 2 nitrogen and oxygen atoms in total. The van der Waals surface area contributed by atoms with Crippen molar-refractivity contribution >= 4 is 0 Å². The number of rotatable bonds is 3. The number of hydrogen-bond donors (Lipinski definition) is 0. The van der Waals surface area contributed by atoms with Crippen LogP contribution >= 0.6 is 0 Å². The molecule has 0 aromatic heterocycles. The summed E-state index contributed by atoms with van der Waals surface area (Å²) in [6.45, 7) is 3.39. The number of alkyl halides is 3. The highest BCUT2D eigenvalue weighted by Gasteiger charge is 2.41. The van der Waals surface area contributed by atoms with E-state index in [9.17, 15) is 17.6 Å². The number of ether oxygens (including phenoxy) is 2. The van der Waals surface area contributed by atoms with Crippen molar-refractivity contribution in [1.82, 2.24) is 0 Å². The molecule has 128 valence electrons. The average Bonchev–Trinajstić information content (AvgIpc) is 2.79. The Balaban J connectivity index is 1.93. The van der Waals surface area contributed by atoms with Crippen LogP contribution in [0.3, 0.4) is 0 Å². The molecule has 0 unspecified atom stereocenters. The molecule has 6 heteroatoms. The third-order valence-corrected chi connectivity index (χ3v) is 3.85. The summed E-state index contributed by atoms with van der Waals surface area (Å²) in [6, 6.07) is 8.23. The highest BCUT2D eigenvalue weighted by Crippen LogP contribution is 2.45. The van der Waals surface area contributed by atoms with Crippen LogP contribution in [0.25, 0.3) is 0 Å². The van der Waals surface area contributed by atoms with Gasteiger partial charge in [-0.15, -0.1) is 0 Å². The zero-order valence-electron chi connectivity index (χ0n) is 13.2. The van der Waals surface area contributed by atoms with E-state index in [1.165, 1.54) is 24.3 Å². The fourth-order valence-electron chi connectivity index (χ4n) is 2.81. The second kappa shape index (κ2) is 5.69. The van der Waals surface area contributed by atoms with Gasteiger partial charge >= 0.3 is 6.18 Å². The lowest BCUT2D eigenvalue weighted by atomic mass is 9.95. The molecule has 1 aliphatic rings. The molecule has 0 atom stereocenters. The Labute approximate surface area is 137 Å². The Bertz CT molecular complexity index is 766. The number of halogens is 4. The summed E-state index contributed by atoms with van der Waals surface area (Å²) in [6.07, 6.45) is -4.29. The fourth-order valence-corrected chi connectivity index (χ4v) is 2.81. The second-order valence-corrected chi connectivity index (χ2v) is 6.34. The maximum Gasteiger partial charge on any atom is 0.416 e. The van der Waals surface area contributed by atoms with E-state index in [-0.39, 0.29) is 30.1 Å². The first kappa shape index (κ1) is 16.6. The van der Waals surface area contributed by atoms with Crippen LogP contribution in [0.15, 0.2) is 36.4 Å². The molecular formula is C18H16F4O2. The van der Waals surface area contributed by atoms with Crippen molar-refractivity contribution in [3.05, 3.63) is 58.9 Å². The first-order valence-electron chi connectivity index (χ1n) is 7.46. The van der Waals surface area contributed by atoms with Gasteiger partial charge in [-0.3, -0.25) is 0 Å². The van der Waals surface area contributed by atoms with E-state index in [0.717, 1.165) is 6.07 Å². The van der Waals surface area contributed by atoms with Crippen molar-refractivity contribution in [2.24, 2.45) is 0 Å². The first-order chi connectivity index (χ1) is 11.2. The van der Waals surface area contributed by atoms with E-state index in [1.54, 1.807) is 19.9 Å². The molecule has 0 N–H and O–H groups in total. The molecule has 24 heavy (non-hydrogen) atoms. The van der Waals surface area contributed by atoms with Gasteiger partial charge in [0.2, 0.25) is 0 Å². The van der Waals surface area contributed by atoms with Crippen LogP contribution in [0.2, 0.25) is 0 Å². The van der Waals surface area contributed by atoms with Gasteiger partial charge in [-0.2, -0.15) is 13.2 Å². The summed E-state index contributed by atoms with van der Waals surface area (Å²) in [5.41, 5.74) is -0.831. The summed E-state index contributed by atoms with van der Waals surface area (Å²) >= 11 is 0. The predicted molar refractivity (Wildman–Crippen MR) is 80.6 cm³/mol. The Morgan fingerprint density at radius 1 is 1.12 bits per heavy atom. The SMILES string of the molecule is CC1(C)Cc2c(C(F)(F)F)ccc(COc3ccccc3F)c2O1. The molecule has 0 saturated heterocycles. The van der Waals surface area contributed by atoms with Gasteiger partial charge in [-0.05, 0) is 32.0 Å². The van der Waals surface area contributed by atoms with Crippen molar-refractivity contribution in [2.75, 3.05) is 0 Å². The van der Waals surface area contributed by atoms with Crippen molar-refractivity contribution in [1.29, 1.82) is 0 Å². The Kier molecular flexibility index (Phi) is 3.94. The van der Waals surface area contributed by atoms with E-state index < -0.39 is 23.2 Å². The van der Waals surface area contributed by atoms with Crippen molar-refractivity contribution in [3.63, 3.8) is 0 Å². The standard InChI is InChI=1S/C18H16F4O2/c1-17(2)9-12-13(18(20,21)22)8-7-11(16(12)24-17)10-23-15-6-4-3-5-14(15)19/h3-8H,9-10H2,1-2H3. The van der Waals surface area contributed by atoms with Crippen LogP contribution in [0.1, 0.15) is 30.5 Å². The lowest BCUT2D eigenvalue weighted by molar-refractivity contribution is -0.138. The summed E-state index contributed by atoms with van der Waals surface area (Å²) in [7, 11) is 0. The average molecular weight is 340 g/mol. The van der Waals surface area contributed by atoms with E-state index in [1.807, 2.05) is 0 Å². The quantitative estimate of drug-likeness (QED) is 0.721. The third-order valence-electron chi connectivity index (χ3n) is 3.85. The molecule has 1 aliphatic heterocycles. The van der Waals surface area contributed by atoms with Crippen LogP contribution < -0.4 is 9.47 Å². The number of para-hydroxylation sites is 1. The maximum atomic E-state index is 13.6. The molecule has 0 saturated carbocycles. The summed E-state index contributed by atoms with van der Waals surface area (Å²) in [5, 5.41) is 0. The van der Waals surface area contributed by atoms with Crippen molar-refractivity contribution < 1.29 is 27.0 Å². The van der Waals surface area contributed by atoms with Gasteiger partial charge in [0.15, 0.2) is 11.6 Å². The number of fused-ring (bicyclic) bond motifs is 1. The van der Waals surface area contributed by atoms with E-state index in [0.29, 0.717) is 5.56 Å². The monoisotopic (exact) mass is 340 g/mol. The van der Waals surface area contributed by atoms with Gasteiger partial charge in [0, 0.05) is 17.5 Å². The zero-order valence-corrected chi connectivity index (χ0v) is 13.2. The molecule has 2 aromatic rings. The van der Waals surface area contributed by atoms with Gasteiger partial charge in [0.05, 0.1) is 5.56 Å². The van der Waals surface area contributed by atoms with Gasteiger partial charge < -0.3 is 9.47 Å². The lowest BCUT2D eigenvalue weighted by Gasteiger charge is -2.18. The van der Waals surface area contributed by atoms with Crippen LogP contribution in [0.4, 0.5) is 17.6 Å². The molecule has 0 amide bonds. The smallest absolute Gasteiger partial charge is 0.416 e. The summed E-state index contributed by atoms with van der Waals surface area (Å²) < 4.78 is 64.3. The van der Waals surface area contributed by atoms with Crippen LogP contribution in [0.5, 0.6) is 11.5 Å².